The van der Waals surface area contributed by atoms with Gasteiger partial charge in [0, 0.05) is 12.4 Å². The van der Waals surface area contributed by atoms with Crippen LogP contribution in [0.15, 0.2) is 17.3 Å². The Hall–Kier alpha value is -0.525. The van der Waals surface area contributed by atoms with Crippen LogP contribution in [-0.4, -0.2) is 14.1 Å². The fraction of sp³-hybridized carbons (Fsp3) is 0.700. The van der Waals surface area contributed by atoms with Gasteiger partial charge in [0.2, 0.25) is 0 Å². The van der Waals surface area contributed by atoms with Gasteiger partial charge in [-0.05, 0) is 10.7 Å². The van der Waals surface area contributed by atoms with Crippen LogP contribution >= 0.6 is 0 Å². The molecule has 0 aromatic heterocycles. The largest absolute Gasteiger partial charge is 0.270 e. The van der Waals surface area contributed by atoms with Crippen molar-refractivity contribution in [2.24, 2.45) is 10.4 Å². The number of rotatable bonds is 2. The van der Waals surface area contributed by atoms with Gasteiger partial charge in [-0.15, -0.1) is 0 Å². The topological polar surface area (TPSA) is 12.4 Å². The molecule has 1 nitrogen and oxygen atoms in total. The number of nitrogens with zero attached hydrogens (tertiary/aromatic N) is 1. The first-order valence-corrected chi connectivity index (χ1v) is 4.43. The third-order valence-corrected chi connectivity index (χ3v) is 1.12. The van der Waals surface area contributed by atoms with Gasteiger partial charge in [-0.25, -0.2) is 0 Å². The van der Waals surface area contributed by atoms with Gasteiger partial charge >= 0.3 is 0 Å². The first kappa shape index (κ1) is 11.5. The van der Waals surface area contributed by atoms with Crippen molar-refractivity contribution in [2.75, 3.05) is 0 Å². The van der Waals surface area contributed by atoms with Gasteiger partial charge in [0.05, 0.1) is 0 Å². The minimum Gasteiger partial charge on any atom is -0.270 e. The third-order valence-electron chi connectivity index (χ3n) is 1.12. The van der Waals surface area contributed by atoms with E-state index in [2.05, 4.69) is 53.5 Å². The summed E-state index contributed by atoms with van der Waals surface area (Å²) in [6, 6.07) is 0. The molecule has 0 amide bonds. The molecule has 0 unspecified atom stereocenters. The lowest BCUT2D eigenvalue weighted by molar-refractivity contribution is 0.543. The standard InChI is InChI=1S/C10H20BN/c1-9(2,3)6-7-12-8-10(4,5)11/h6-8H,11H2,1-5H3/b7-6-,12-8-. The van der Waals surface area contributed by atoms with Crippen molar-refractivity contribution in [1.29, 1.82) is 0 Å². The molecule has 0 aromatic rings. The van der Waals surface area contributed by atoms with Crippen LogP contribution in [0, 0.1) is 5.41 Å². The Balaban J connectivity index is 4.00. The normalized spacial score (nSPS) is 14.8. The van der Waals surface area contributed by atoms with E-state index in [0.717, 1.165) is 0 Å². The molecule has 0 aliphatic carbocycles. The van der Waals surface area contributed by atoms with E-state index in [-0.39, 0.29) is 10.7 Å². The highest BCUT2D eigenvalue weighted by atomic mass is 14.7. The van der Waals surface area contributed by atoms with E-state index >= 15 is 0 Å². The van der Waals surface area contributed by atoms with E-state index in [0.29, 0.717) is 0 Å². The zero-order valence-electron chi connectivity index (χ0n) is 9.18. The highest BCUT2D eigenvalue weighted by molar-refractivity contribution is 6.24. The quantitative estimate of drug-likeness (QED) is 0.440. The summed E-state index contributed by atoms with van der Waals surface area (Å²) < 4.78 is 0. The van der Waals surface area contributed by atoms with Crippen molar-refractivity contribution in [2.45, 2.75) is 39.9 Å². The third kappa shape index (κ3) is 9.47. The Labute approximate surface area is 77.4 Å². The van der Waals surface area contributed by atoms with Gasteiger partial charge in [0.25, 0.3) is 0 Å². The molecule has 0 radical (unpaired) electrons. The smallest absolute Gasteiger partial charge is 0.115 e. The van der Waals surface area contributed by atoms with E-state index < -0.39 is 0 Å². The minimum absolute atomic E-state index is 0.183. The van der Waals surface area contributed by atoms with Crippen LogP contribution in [0.3, 0.4) is 0 Å². The first-order valence-electron chi connectivity index (χ1n) is 4.43. The predicted octanol–water partition coefficient (Wildman–Crippen LogP) is 2.45. The second-order valence-electron chi connectivity index (χ2n) is 5.33. The van der Waals surface area contributed by atoms with Crippen LogP contribution in [0.25, 0.3) is 0 Å². The molecule has 0 atom stereocenters. The molecule has 0 aliphatic rings. The maximum atomic E-state index is 4.22. The number of hydrogen-bond acceptors (Lipinski definition) is 1. The summed E-state index contributed by atoms with van der Waals surface area (Å²) in [5, 5.41) is 0.183. The molecule has 0 rings (SSSR count). The van der Waals surface area contributed by atoms with Crippen LogP contribution in [0.1, 0.15) is 34.6 Å². The monoisotopic (exact) mass is 165 g/mol. The molecule has 0 fully saturated rings. The number of allylic oxidation sites excluding steroid dienone is 1. The second kappa shape index (κ2) is 3.93. The summed E-state index contributed by atoms with van der Waals surface area (Å²) in [6.07, 6.45) is 5.95. The minimum atomic E-state index is 0.183. The van der Waals surface area contributed by atoms with Crippen molar-refractivity contribution in [3.8, 4) is 0 Å². The highest BCUT2D eigenvalue weighted by Crippen LogP contribution is 2.16. The second-order valence-corrected chi connectivity index (χ2v) is 5.33. The molecule has 0 bridgehead atoms. The molecule has 0 saturated heterocycles. The van der Waals surface area contributed by atoms with Gasteiger partial charge < -0.3 is 0 Å². The van der Waals surface area contributed by atoms with E-state index in [9.17, 15) is 0 Å². The lowest BCUT2D eigenvalue weighted by Crippen LogP contribution is -2.02. The zero-order chi connectivity index (χ0) is 9.83. The molecule has 0 saturated carbocycles. The first-order chi connectivity index (χ1) is 5.21. The molecule has 12 heavy (non-hydrogen) atoms. The van der Waals surface area contributed by atoms with Crippen molar-refractivity contribution in [1.82, 2.24) is 0 Å². The van der Waals surface area contributed by atoms with Crippen molar-refractivity contribution in [3.05, 3.63) is 12.3 Å². The fourth-order valence-electron chi connectivity index (χ4n) is 0.533. The SMILES string of the molecule is BC(C)(C)/C=N\C=C/C(C)(C)C. The number of aliphatic imine (C=N–C) groups is 1. The molecular weight excluding hydrogens is 145 g/mol. The molecule has 2 heteroatoms. The highest BCUT2D eigenvalue weighted by Gasteiger charge is 2.05. The average Bonchev–Trinajstić information content (AvgIpc) is 1.76. The van der Waals surface area contributed by atoms with Crippen molar-refractivity contribution < 1.29 is 0 Å². The van der Waals surface area contributed by atoms with Gasteiger partial charge in [0.15, 0.2) is 0 Å². The zero-order valence-corrected chi connectivity index (χ0v) is 9.18. The molecule has 0 N–H and O–H groups in total. The Kier molecular flexibility index (Phi) is 3.76. The molecule has 0 heterocycles. The fourth-order valence-corrected chi connectivity index (χ4v) is 0.533. The maximum absolute atomic E-state index is 4.22. The van der Waals surface area contributed by atoms with Crippen LogP contribution in [0.5, 0.6) is 0 Å². The summed E-state index contributed by atoms with van der Waals surface area (Å²) >= 11 is 0. The van der Waals surface area contributed by atoms with Gasteiger partial charge in [-0.1, -0.05) is 40.7 Å². The van der Waals surface area contributed by atoms with Gasteiger partial charge in [-0.3, -0.25) is 4.99 Å². The van der Waals surface area contributed by atoms with E-state index in [1.165, 1.54) is 0 Å². The maximum Gasteiger partial charge on any atom is 0.115 e. The summed E-state index contributed by atoms with van der Waals surface area (Å²) in [5.74, 6) is 0. The van der Waals surface area contributed by atoms with Crippen LogP contribution in [-0.2, 0) is 0 Å². The molecule has 0 aliphatic heterocycles. The van der Waals surface area contributed by atoms with Crippen LogP contribution in [0.4, 0.5) is 0 Å². The lowest BCUT2D eigenvalue weighted by Gasteiger charge is -2.11. The lowest BCUT2D eigenvalue weighted by atomic mass is 9.74. The van der Waals surface area contributed by atoms with Crippen LogP contribution in [0.2, 0.25) is 5.31 Å². The molecule has 0 aromatic carbocycles. The van der Waals surface area contributed by atoms with Gasteiger partial charge in [-0.2, -0.15) is 0 Å². The predicted molar refractivity (Wildman–Crippen MR) is 59.7 cm³/mol. The van der Waals surface area contributed by atoms with Crippen LogP contribution < -0.4 is 0 Å². The Morgan fingerprint density at radius 3 is 1.92 bits per heavy atom. The van der Waals surface area contributed by atoms with E-state index in [1.807, 2.05) is 12.4 Å². The molecular formula is C10H20BN. The Morgan fingerprint density at radius 1 is 1.08 bits per heavy atom. The van der Waals surface area contributed by atoms with Crippen molar-refractivity contribution >= 4 is 14.1 Å². The van der Waals surface area contributed by atoms with E-state index in [4.69, 9.17) is 0 Å². The Morgan fingerprint density at radius 2 is 1.58 bits per heavy atom. The molecule has 68 valence electrons. The van der Waals surface area contributed by atoms with Crippen molar-refractivity contribution in [3.63, 3.8) is 0 Å². The van der Waals surface area contributed by atoms with E-state index in [1.54, 1.807) is 0 Å². The number of hydrogen-bond donors (Lipinski definition) is 0. The summed E-state index contributed by atoms with van der Waals surface area (Å²) in [7, 11) is 2.14. The van der Waals surface area contributed by atoms with Gasteiger partial charge in [0.1, 0.15) is 7.85 Å². The average molecular weight is 165 g/mol. The summed E-state index contributed by atoms with van der Waals surface area (Å²) in [6.45, 7) is 10.8. The summed E-state index contributed by atoms with van der Waals surface area (Å²) in [4.78, 5) is 4.22. The summed E-state index contributed by atoms with van der Waals surface area (Å²) in [5.41, 5.74) is 0.231. The molecule has 0 spiro atoms. The Bertz CT molecular complexity index is 157.